The molecular weight excluding hydrogens is 901 g/mol. The molecule has 0 radical (unpaired) electrons. The molecular formula is C69H44N4O. The van der Waals surface area contributed by atoms with Crippen LogP contribution in [0.5, 0.6) is 11.5 Å². The van der Waals surface area contributed by atoms with E-state index in [-0.39, 0.29) is 0 Å². The van der Waals surface area contributed by atoms with Crippen molar-refractivity contribution in [2.24, 2.45) is 0 Å². The molecule has 74 heavy (non-hydrogen) atoms. The zero-order valence-corrected chi connectivity index (χ0v) is 40.1. The summed E-state index contributed by atoms with van der Waals surface area (Å²) in [5, 5.41) is 0. The molecule has 11 aromatic carbocycles. The number of hydrogen-bond donors (Lipinski definition) is 0. The lowest BCUT2D eigenvalue weighted by Crippen LogP contribution is -2.32. The maximum Gasteiger partial charge on any atom is 0.145 e. The molecule has 2 aromatic heterocycles. The molecule has 0 atom stereocenters. The normalized spacial score (nSPS) is 12.8. The minimum atomic E-state index is -0.539. The van der Waals surface area contributed by atoms with Crippen molar-refractivity contribution in [2.75, 3.05) is 0 Å². The Hall–Kier alpha value is -9.84. The molecule has 0 N–H and O–H groups in total. The Labute approximate surface area is 428 Å². The van der Waals surface area contributed by atoms with Gasteiger partial charge in [-0.2, -0.15) is 0 Å². The Morgan fingerprint density at radius 2 is 0.689 bits per heavy atom. The van der Waals surface area contributed by atoms with E-state index in [0.717, 1.165) is 112 Å². The summed E-state index contributed by atoms with van der Waals surface area (Å²) >= 11 is 0. The van der Waals surface area contributed by atoms with Crippen molar-refractivity contribution < 1.29 is 4.74 Å². The van der Waals surface area contributed by atoms with Crippen LogP contribution in [0.3, 0.4) is 0 Å². The maximum atomic E-state index is 6.64. The van der Waals surface area contributed by atoms with Crippen LogP contribution < -0.4 is 4.74 Å². The van der Waals surface area contributed by atoms with Crippen LogP contribution in [0, 0.1) is 0 Å². The smallest absolute Gasteiger partial charge is 0.145 e. The van der Waals surface area contributed by atoms with Crippen molar-refractivity contribution in [3.63, 3.8) is 0 Å². The molecule has 5 nitrogen and oxygen atoms in total. The van der Waals surface area contributed by atoms with E-state index in [0.29, 0.717) is 0 Å². The summed E-state index contributed by atoms with van der Waals surface area (Å²) in [5.41, 5.74) is 21.6. The monoisotopic (exact) mass is 944 g/mol. The van der Waals surface area contributed by atoms with Gasteiger partial charge in [0, 0.05) is 33.6 Å². The Bertz CT molecular complexity index is 4180. The molecule has 1 aliphatic heterocycles. The average Bonchev–Trinajstić information content (AvgIpc) is 4.24. The molecule has 0 amide bonds. The van der Waals surface area contributed by atoms with Crippen LogP contribution in [0.2, 0.25) is 0 Å². The van der Waals surface area contributed by atoms with Crippen molar-refractivity contribution in [1.29, 1.82) is 0 Å². The molecule has 1 spiro atoms. The van der Waals surface area contributed by atoms with E-state index in [4.69, 9.17) is 14.7 Å². The minimum absolute atomic E-state index is 0.539. The Kier molecular flexibility index (Phi) is 9.41. The Morgan fingerprint density at radius 1 is 0.284 bits per heavy atom. The molecule has 2 aliphatic rings. The number of para-hydroxylation sites is 8. The van der Waals surface area contributed by atoms with Gasteiger partial charge >= 0.3 is 0 Å². The first-order valence-electron chi connectivity index (χ1n) is 25.2. The third-order valence-electron chi connectivity index (χ3n) is 15.2. The van der Waals surface area contributed by atoms with Crippen molar-refractivity contribution in [1.82, 2.24) is 19.1 Å². The predicted molar refractivity (Wildman–Crippen MR) is 300 cm³/mol. The number of nitrogens with zero attached hydrogens (tertiary/aromatic N) is 4. The van der Waals surface area contributed by atoms with Gasteiger partial charge in [-0.3, -0.25) is 9.13 Å². The first-order chi connectivity index (χ1) is 36.7. The number of rotatable bonds is 7. The van der Waals surface area contributed by atoms with E-state index >= 15 is 0 Å². The highest BCUT2D eigenvalue weighted by atomic mass is 16.5. The zero-order valence-electron chi connectivity index (χ0n) is 40.1. The molecule has 13 aromatic rings. The van der Waals surface area contributed by atoms with Crippen LogP contribution in [0.15, 0.2) is 267 Å². The van der Waals surface area contributed by atoms with Crippen molar-refractivity contribution in [2.45, 2.75) is 5.41 Å². The summed E-state index contributed by atoms with van der Waals surface area (Å²) < 4.78 is 11.2. The summed E-state index contributed by atoms with van der Waals surface area (Å²) in [5.74, 6) is 3.50. The van der Waals surface area contributed by atoms with Gasteiger partial charge < -0.3 is 4.74 Å². The van der Waals surface area contributed by atoms with E-state index in [1.165, 1.54) is 22.3 Å². The Morgan fingerprint density at radius 3 is 1.24 bits per heavy atom. The van der Waals surface area contributed by atoms with Gasteiger partial charge in [0.05, 0.1) is 27.5 Å². The first-order valence-corrected chi connectivity index (χ1v) is 25.2. The second-order valence-corrected chi connectivity index (χ2v) is 19.3. The highest BCUT2D eigenvalue weighted by Gasteiger charge is 2.51. The van der Waals surface area contributed by atoms with Crippen LogP contribution in [0.25, 0.3) is 101 Å². The molecule has 346 valence electrons. The highest BCUT2D eigenvalue weighted by molar-refractivity contribution is 5.92. The van der Waals surface area contributed by atoms with Crippen LogP contribution in [0.1, 0.15) is 22.3 Å². The van der Waals surface area contributed by atoms with Gasteiger partial charge in [0.2, 0.25) is 0 Å². The molecule has 15 rings (SSSR count). The van der Waals surface area contributed by atoms with E-state index < -0.39 is 5.41 Å². The van der Waals surface area contributed by atoms with Gasteiger partial charge in [-0.05, 0) is 153 Å². The fraction of sp³-hybridized carbons (Fsp3) is 0.0145. The third-order valence-corrected chi connectivity index (χ3v) is 15.2. The molecule has 0 bridgehead atoms. The van der Waals surface area contributed by atoms with Gasteiger partial charge in [0.15, 0.2) is 0 Å². The third kappa shape index (κ3) is 6.43. The summed E-state index contributed by atoms with van der Waals surface area (Å²) in [4.78, 5) is 10.7. The van der Waals surface area contributed by atoms with Gasteiger partial charge in [0.25, 0.3) is 0 Å². The SMILES string of the molecule is c1ccc(-n2c(-c3cc(-c4cccc(-c5cccc(-c6ccc7c(c6)C6(c8ccccc8Oc8ccccc86)c6ccccc6-7)c5)c4)cc(-c4nc5ccccc5n4-c4ccccc4)c3)nc3ccccc32)cc1. The molecule has 5 heteroatoms. The minimum Gasteiger partial charge on any atom is -0.457 e. The average molecular weight is 945 g/mol. The first kappa shape index (κ1) is 41.9. The fourth-order valence-corrected chi connectivity index (χ4v) is 12.0. The number of benzene rings is 11. The van der Waals surface area contributed by atoms with Crippen LogP contribution in [-0.2, 0) is 5.41 Å². The zero-order chi connectivity index (χ0) is 48.7. The van der Waals surface area contributed by atoms with Gasteiger partial charge in [-0.25, -0.2) is 9.97 Å². The second-order valence-electron chi connectivity index (χ2n) is 19.3. The molecule has 0 saturated heterocycles. The summed E-state index contributed by atoms with van der Waals surface area (Å²) in [6.45, 7) is 0. The highest BCUT2D eigenvalue weighted by Crippen LogP contribution is 2.62. The number of hydrogen-bond acceptors (Lipinski definition) is 3. The predicted octanol–water partition coefficient (Wildman–Crippen LogP) is 17.2. The lowest BCUT2D eigenvalue weighted by Gasteiger charge is -2.39. The molecule has 0 fully saturated rings. The van der Waals surface area contributed by atoms with Crippen LogP contribution >= 0.6 is 0 Å². The van der Waals surface area contributed by atoms with Crippen molar-refractivity contribution in [3.05, 3.63) is 289 Å². The lowest BCUT2D eigenvalue weighted by atomic mass is 9.66. The summed E-state index contributed by atoms with van der Waals surface area (Å²) in [7, 11) is 0. The number of imidazole rings is 2. The van der Waals surface area contributed by atoms with Crippen LogP contribution in [0.4, 0.5) is 0 Å². The standard InChI is InChI=1S/C69H44N4O/c1-3-23-53(24-4-1)72-63-33-13-11-31-61(63)70-67(72)51-41-50(42-52(43-51)68-71-62-32-12-14-34-64(62)73(68)54-25-5-2-6-26-54)48-22-18-20-46(40-48)45-19-17-21-47(39-45)49-37-38-56-55-27-7-8-28-57(55)69(60(56)44-49)58-29-9-15-35-65(58)74-66-36-16-10-30-59(66)69/h1-44H. The molecule has 0 saturated carbocycles. The van der Waals surface area contributed by atoms with Crippen molar-refractivity contribution in [3.8, 4) is 90.2 Å². The van der Waals surface area contributed by atoms with E-state index in [2.05, 4.69) is 276 Å². The fourth-order valence-electron chi connectivity index (χ4n) is 12.0. The Balaban J connectivity index is 0.887. The summed E-state index contributed by atoms with van der Waals surface area (Å²) in [6.07, 6.45) is 0. The van der Waals surface area contributed by atoms with E-state index in [1.54, 1.807) is 0 Å². The van der Waals surface area contributed by atoms with Crippen LogP contribution in [-0.4, -0.2) is 19.1 Å². The number of ether oxygens (including phenoxy) is 1. The summed E-state index contributed by atoms with van der Waals surface area (Å²) in [6, 6.07) is 95.7. The molecule has 3 heterocycles. The largest absolute Gasteiger partial charge is 0.457 e. The van der Waals surface area contributed by atoms with Gasteiger partial charge in [-0.1, -0.05) is 170 Å². The molecule has 0 unspecified atom stereocenters. The van der Waals surface area contributed by atoms with E-state index in [1.807, 2.05) is 0 Å². The van der Waals surface area contributed by atoms with E-state index in [9.17, 15) is 0 Å². The lowest BCUT2D eigenvalue weighted by molar-refractivity contribution is 0.436. The topological polar surface area (TPSA) is 44.9 Å². The number of aromatic nitrogens is 4. The maximum absolute atomic E-state index is 6.64. The van der Waals surface area contributed by atoms with Gasteiger partial charge in [0.1, 0.15) is 23.1 Å². The second kappa shape index (κ2) is 16.6. The van der Waals surface area contributed by atoms with Crippen molar-refractivity contribution >= 4 is 22.1 Å². The number of fused-ring (bicyclic) bond motifs is 11. The van der Waals surface area contributed by atoms with Gasteiger partial charge in [-0.15, -0.1) is 0 Å². The molecule has 1 aliphatic carbocycles. The quantitative estimate of drug-likeness (QED) is 0.160.